The van der Waals surface area contributed by atoms with Crippen LogP contribution in [-0.2, 0) is 0 Å². The molecule has 0 amide bonds. The van der Waals surface area contributed by atoms with Crippen molar-refractivity contribution in [2.45, 2.75) is 18.1 Å². The molecule has 4 heteroatoms. The van der Waals surface area contributed by atoms with Crippen LogP contribution in [0.3, 0.4) is 0 Å². The Hall–Kier alpha value is 0.500. The van der Waals surface area contributed by atoms with Crippen LogP contribution in [0.2, 0.25) is 0 Å². The van der Waals surface area contributed by atoms with Crippen molar-refractivity contribution in [3.63, 3.8) is 0 Å². The Labute approximate surface area is 58.0 Å². The van der Waals surface area contributed by atoms with Crippen LogP contribution in [0, 0.1) is 0 Å². The smallest absolute Gasteiger partial charge is 0.168 e. The molecule has 0 aromatic rings. The Morgan fingerprint density at radius 1 is 1.38 bits per heavy atom. The van der Waals surface area contributed by atoms with Crippen molar-refractivity contribution in [1.29, 1.82) is 0 Å². The second kappa shape index (κ2) is 4.39. The van der Waals surface area contributed by atoms with Crippen LogP contribution < -0.4 is 0 Å². The van der Waals surface area contributed by atoms with Gasteiger partial charge < -0.3 is 10.2 Å². The monoisotopic (exact) mass is 158 g/mol. The predicted octanol–water partition coefficient (Wildman–Crippen LogP) is 0.533. The number of alkyl halides is 2. The molecular weight excluding hydrogens is 151 g/mol. The van der Waals surface area contributed by atoms with Gasteiger partial charge in [0.1, 0.15) is 0 Å². The maximum absolute atomic E-state index is 8.32. The van der Waals surface area contributed by atoms with Gasteiger partial charge in [0, 0.05) is 5.88 Å². The first kappa shape index (κ1) is 8.50. The van der Waals surface area contributed by atoms with Gasteiger partial charge in [0.2, 0.25) is 0 Å². The first-order valence-electron chi connectivity index (χ1n) is 2.24. The normalized spacial score (nSPS) is 14.6. The first-order chi connectivity index (χ1) is 3.68. The van der Waals surface area contributed by atoms with Crippen molar-refractivity contribution in [3.05, 3.63) is 0 Å². The Morgan fingerprint density at radius 2 is 1.88 bits per heavy atom. The summed E-state index contributed by atoms with van der Waals surface area (Å²) in [5.41, 5.74) is 0. The van der Waals surface area contributed by atoms with Crippen LogP contribution >= 0.6 is 23.2 Å². The van der Waals surface area contributed by atoms with Gasteiger partial charge in [-0.15, -0.1) is 23.2 Å². The van der Waals surface area contributed by atoms with E-state index in [-0.39, 0.29) is 0 Å². The van der Waals surface area contributed by atoms with Gasteiger partial charge in [0.15, 0.2) is 6.29 Å². The summed E-state index contributed by atoms with van der Waals surface area (Å²) in [5.74, 6) is 0.353. The SMILES string of the molecule is OC(O)C(Cl)CCCl. The minimum absolute atomic E-state index is 0.353. The van der Waals surface area contributed by atoms with Crippen LogP contribution in [0.25, 0.3) is 0 Å². The Balaban J connectivity index is 3.17. The highest BCUT2D eigenvalue weighted by Crippen LogP contribution is 2.05. The standard InChI is InChI=1S/C4H8Cl2O2/c5-2-1-3(6)4(7)8/h3-4,7-8H,1-2H2. The third-order valence-corrected chi connectivity index (χ3v) is 1.37. The molecular formula is C4H8Cl2O2. The molecule has 0 spiro atoms. The summed E-state index contributed by atoms with van der Waals surface area (Å²) in [4.78, 5) is 0. The highest BCUT2D eigenvalue weighted by molar-refractivity contribution is 6.22. The van der Waals surface area contributed by atoms with Crippen LogP contribution in [-0.4, -0.2) is 27.8 Å². The van der Waals surface area contributed by atoms with Crippen LogP contribution in [0.1, 0.15) is 6.42 Å². The van der Waals surface area contributed by atoms with Gasteiger partial charge >= 0.3 is 0 Å². The van der Waals surface area contributed by atoms with E-state index in [0.717, 1.165) is 0 Å². The average molecular weight is 159 g/mol. The molecule has 0 aromatic heterocycles. The van der Waals surface area contributed by atoms with Gasteiger partial charge in [0.25, 0.3) is 0 Å². The van der Waals surface area contributed by atoms with Gasteiger partial charge in [-0.25, -0.2) is 0 Å². The Kier molecular flexibility index (Phi) is 4.66. The highest BCUT2D eigenvalue weighted by Gasteiger charge is 2.10. The van der Waals surface area contributed by atoms with Crippen LogP contribution in [0.4, 0.5) is 0 Å². The molecule has 2 N–H and O–H groups in total. The lowest BCUT2D eigenvalue weighted by Crippen LogP contribution is -2.19. The van der Waals surface area contributed by atoms with Crippen molar-refractivity contribution in [2.24, 2.45) is 0 Å². The number of halogens is 2. The van der Waals surface area contributed by atoms with Crippen molar-refractivity contribution in [1.82, 2.24) is 0 Å². The molecule has 0 saturated heterocycles. The fourth-order valence-corrected chi connectivity index (χ4v) is 0.709. The van der Waals surface area contributed by atoms with Gasteiger partial charge in [-0.1, -0.05) is 0 Å². The summed E-state index contributed by atoms with van der Waals surface area (Å²) in [5, 5.41) is 16.0. The molecule has 0 aromatic carbocycles. The Morgan fingerprint density at radius 3 is 2.00 bits per heavy atom. The van der Waals surface area contributed by atoms with E-state index in [1.807, 2.05) is 0 Å². The van der Waals surface area contributed by atoms with E-state index in [9.17, 15) is 0 Å². The second-order valence-electron chi connectivity index (χ2n) is 1.41. The zero-order chi connectivity index (χ0) is 6.57. The average Bonchev–Trinajstić information content (AvgIpc) is 1.67. The maximum Gasteiger partial charge on any atom is 0.168 e. The highest BCUT2D eigenvalue weighted by atomic mass is 35.5. The lowest BCUT2D eigenvalue weighted by atomic mass is 10.3. The fraction of sp³-hybridized carbons (Fsp3) is 1.00. The summed E-state index contributed by atoms with van der Waals surface area (Å²) in [7, 11) is 0. The summed E-state index contributed by atoms with van der Waals surface area (Å²) < 4.78 is 0. The minimum Gasteiger partial charge on any atom is -0.367 e. The van der Waals surface area contributed by atoms with Crippen molar-refractivity contribution in [2.75, 3.05) is 5.88 Å². The molecule has 2 nitrogen and oxygen atoms in total. The van der Waals surface area contributed by atoms with Crippen LogP contribution in [0.5, 0.6) is 0 Å². The summed E-state index contributed by atoms with van der Waals surface area (Å²) in [6, 6.07) is 0. The molecule has 1 unspecified atom stereocenters. The Bertz CT molecular complexity index is 58.0. The molecule has 0 aliphatic rings. The summed E-state index contributed by atoms with van der Waals surface area (Å²) in [6.07, 6.45) is -1.03. The zero-order valence-corrected chi connectivity index (χ0v) is 5.73. The molecule has 0 aliphatic carbocycles. The van der Waals surface area contributed by atoms with Crippen molar-refractivity contribution in [3.8, 4) is 0 Å². The molecule has 0 aliphatic heterocycles. The molecule has 0 rings (SSSR count). The van der Waals surface area contributed by atoms with Crippen LogP contribution in [0.15, 0.2) is 0 Å². The molecule has 1 atom stereocenters. The molecule has 50 valence electrons. The van der Waals surface area contributed by atoms with E-state index in [2.05, 4.69) is 0 Å². The zero-order valence-electron chi connectivity index (χ0n) is 4.22. The first-order valence-corrected chi connectivity index (χ1v) is 3.21. The summed E-state index contributed by atoms with van der Waals surface area (Å²) in [6.45, 7) is 0. The molecule has 0 radical (unpaired) electrons. The fourth-order valence-electron chi connectivity index (χ4n) is 0.253. The van der Waals surface area contributed by atoms with E-state index in [1.54, 1.807) is 0 Å². The number of rotatable bonds is 3. The third kappa shape index (κ3) is 3.50. The lowest BCUT2D eigenvalue weighted by Gasteiger charge is -2.07. The molecule has 0 heterocycles. The van der Waals surface area contributed by atoms with Gasteiger partial charge in [-0.3, -0.25) is 0 Å². The number of aliphatic hydroxyl groups excluding tert-OH is 1. The molecule has 0 fully saturated rings. The minimum atomic E-state index is -1.45. The maximum atomic E-state index is 8.32. The van der Waals surface area contributed by atoms with Crippen molar-refractivity contribution >= 4 is 23.2 Å². The van der Waals surface area contributed by atoms with E-state index >= 15 is 0 Å². The van der Waals surface area contributed by atoms with Gasteiger partial charge in [-0.05, 0) is 6.42 Å². The van der Waals surface area contributed by atoms with E-state index in [4.69, 9.17) is 33.4 Å². The van der Waals surface area contributed by atoms with Crippen molar-refractivity contribution < 1.29 is 10.2 Å². The number of aliphatic hydroxyl groups is 2. The van der Waals surface area contributed by atoms with Gasteiger partial charge in [-0.2, -0.15) is 0 Å². The molecule has 0 bridgehead atoms. The van der Waals surface area contributed by atoms with E-state index < -0.39 is 11.7 Å². The van der Waals surface area contributed by atoms with E-state index in [0.29, 0.717) is 12.3 Å². The predicted molar refractivity (Wildman–Crippen MR) is 33.2 cm³/mol. The van der Waals surface area contributed by atoms with Gasteiger partial charge in [0.05, 0.1) is 5.38 Å². The summed E-state index contributed by atoms with van der Waals surface area (Å²) >= 11 is 10.6. The number of hydrogen-bond donors (Lipinski definition) is 2. The topological polar surface area (TPSA) is 40.5 Å². The molecule has 0 saturated carbocycles. The van der Waals surface area contributed by atoms with E-state index in [1.165, 1.54) is 0 Å². The number of hydrogen-bond acceptors (Lipinski definition) is 2. The second-order valence-corrected chi connectivity index (χ2v) is 2.35. The molecule has 8 heavy (non-hydrogen) atoms. The largest absolute Gasteiger partial charge is 0.367 e. The quantitative estimate of drug-likeness (QED) is 0.465. The lowest BCUT2D eigenvalue weighted by molar-refractivity contribution is -0.0419. The third-order valence-electron chi connectivity index (χ3n) is 0.708.